The molecule has 2 N–H and O–H groups in total. The average molecular weight is 354 g/mol. The number of benzene rings is 1. The van der Waals surface area contributed by atoms with Gasteiger partial charge in [-0.05, 0) is 49.4 Å². The van der Waals surface area contributed by atoms with Gasteiger partial charge in [0.1, 0.15) is 12.4 Å². The molecule has 0 aromatic heterocycles. The molecule has 1 heterocycles. The number of rotatable bonds is 4. The summed E-state index contributed by atoms with van der Waals surface area (Å²) in [5.41, 5.74) is 6.97. The van der Waals surface area contributed by atoms with Crippen molar-refractivity contribution in [3.05, 3.63) is 28.2 Å². The van der Waals surface area contributed by atoms with Crippen LogP contribution in [0.2, 0.25) is 0 Å². The first-order valence-corrected chi connectivity index (χ1v) is 8.79. The molecule has 1 aromatic rings. The highest BCUT2D eigenvalue weighted by Gasteiger charge is 2.40. The largest absolute Gasteiger partial charge is 0.491 e. The molecule has 1 aliphatic carbocycles. The summed E-state index contributed by atoms with van der Waals surface area (Å²) in [6, 6.07) is 5.99. The third-order valence-electron chi connectivity index (χ3n) is 4.78. The van der Waals surface area contributed by atoms with Gasteiger partial charge in [-0.3, -0.25) is 0 Å². The standard InChI is InChI=1S/C17H24BrNO2/c18-16-5-4-14(10-13(16)11-19)20-12-15-6-9-17(21-15)7-2-1-3-8-17/h4-5,10,15H,1-3,6-9,11-12,19H2. The molecule has 1 atom stereocenters. The van der Waals surface area contributed by atoms with Gasteiger partial charge in [-0.2, -0.15) is 0 Å². The number of hydrogen-bond acceptors (Lipinski definition) is 3. The molecule has 2 fully saturated rings. The van der Waals surface area contributed by atoms with E-state index in [0.717, 1.165) is 22.2 Å². The third kappa shape index (κ3) is 3.61. The van der Waals surface area contributed by atoms with Crippen LogP contribution in [0.4, 0.5) is 0 Å². The van der Waals surface area contributed by atoms with Crippen molar-refractivity contribution in [1.29, 1.82) is 0 Å². The first-order valence-electron chi connectivity index (χ1n) is 8.00. The Morgan fingerprint density at radius 2 is 2.05 bits per heavy atom. The van der Waals surface area contributed by atoms with E-state index < -0.39 is 0 Å². The molecule has 2 aliphatic rings. The molecule has 1 spiro atoms. The number of halogens is 1. The molecule has 1 aliphatic heterocycles. The van der Waals surface area contributed by atoms with E-state index in [2.05, 4.69) is 15.9 Å². The predicted octanol–water partition coefficient (Wildman–Crippen LogP) is 4.17. The number of hydrogen-bond donors (Lipinski definition) is 1. The van der Waals surface area contributed by atoms with Crippen LogP contribution in [0, 0.1) is 0 Å². The smallest absolute Gasteiger partial charge is 0.119 e. The Morgan fingerprint density at radius 3 is 2.81 bits per heavy atom. The van der Waals surface area contributed by atoms with Gasteiger partial charge >= 0.3 is 0 Å². The Morgan fingerprint density at radius 1 is 1.24 bits per heavy atom. The third-order valence-corrected chi connectivity index (χ3v) is 5.55. The lowest BCUT2D eigenvalue weighted by Crippen LogP contribution is -2.32. The molecule has 0 amide bonds. The molecule has 3 rings (SSSR count). The summed E-state index contributed by atoms with van der Waals surface area (Å²) < 4.78 is 13.3. The van der Waals surface area contributed by atoms with Crippen molar-refractivity contribution >= 4 is 15.9 Å². The van der Waals surface area contributed by atoms with Crippen molar-refractivity contribution in [1.82, 2.24) is 0 Å². The van der Waals surface area contributed by atoms with Gasteiger partial charge in [0.15, 0.2) is 0 Å². The molecule has 0 radical (unpaired) electrons. The van der Waals surface area contributed by atoms with E-state index >= 15 is 0 Å². The van der Waals surface area contributed by atoms with E-state index in [1.807, 2.05) is 18.2 Å². The van der Waals surface area contributed by atoms with E-state index in [-0.39, 0.29) is 11.7 Å². The molecule has 1 saturated heterocycles. The lowest BCUT2D eigenvalue weighted by atomic mass is 9.83. The summed E-state index contributed by atoms with van der Waals surface area (Å²) in [5.74, 6) is 0.881. The van der Waals surface area contributed by atoms with Crippen molar-refractivity contribution in [2.75, 3.05) is 6.61 Å². The van der Waals surface area contributed by atoms with E-state index in [4.69, 9.17) is 15.2 Å². The van der Waals surface area contributed by atoms with E-state index in [9.17, 15) is 0 Å². The molecular weight excluding hydrogens is 330 g/mol. The van der Waals surface area contributed by atoms with Crippen LogP contribution in [0.5, 0.6) is 5.75 Å². The van der Waals surface area contributed by atoms with Crippen LogP contribution in [0.25, 0.3) is 0 Å². The lowest BCUT2D eigenvalue weighted by Gasteiger charge is -2.33. The molecule has 1 unspecified atom stereocenters. The fourth-order valence-corrected chi connectivity index (χ4v) is 3.97. The summed E-state index contributed by atoms with van der Waals surface area (Å²) in [6.07, 6.45) is 9.05. The molecule has 1 aromatic carbocycles. The predicted molar refractivity (Wildman–Crippen MR) is 87.5 cm³/mol. The minimum atomic E-state index is 0.175. The second kappa shape index (κ2) is 6.67. The van der Waals surface area contributed by atoms with Crippen LogP contribution < -0.4 is 10.5 Å². The average Bonchev–Trinajstić information content (AvgIpc) is 2.90. The normalized spacial score (nSPS) is 24.4. The topological polar surface area (TPSA) is 44.5 Å². The van der Waals surface area contributed by atoms with Crippen molar-refractivity contribution < 1.29 is 9.47 Å². The molecular formula is C17H24BrNO2. The zero-order chi connectivity index (χ0) is 14.7. The summed E-state index contributed by atoms with van der Waals surface area (Å²) in [4.78, 5) is 0. The molecule has 116 valence electrons. The summed E-state index contributed by atoms with van der Waals surface area (Å²) in [5, 5.41) is 0. The van der Waals surface area contributed by atoms with Gasteiger partial charge in [-0.25, -0.2) is 0 Å². The van der Waals surface area contributed by atoms with Crippen LogP contribution in [0.3, 0.4) is 0 Å². The molecule has 4 heteroatoms. The van der Waals surface area contributed by atoms with Crippen molar-refractivity contribution in [3.63, 3.8) is 0 Å². The number of ether oxygens (including phenoxy) is 2. The molecule has 0 bridgehead atoms. The van der Waals surface area contributed by atoms with Gasteiger partial charge in [0.25, 0.3) is 0 Å². The fourth-order valence-electron chi connectivity index (χ4n) is 3.56. The Balaban J connectivity index is 1.54. The van der Waals surface area contributed by atoms with Gasteiger partial charge in [-0.15, -0.1) is 0 Å². The monoisotopic (exact) mass is 353 g/mol. The van der Waals surface area contributed by atoms with Gasteiger partial charge in [0.2, 0.25) is 0 Å². The van der Waals surface area contributed by atoms with E-state index in [0.29, 0.717) is 13.2 Å². The van der Waals surface area contributed by atoms with Crippen LogP contribution in [0.1, 0.15) is 50.5 Å². The van der Waals surface area contributed by atoms with Crippen molar-refractivity contribution in [2.24, 2.45) is 5.73 Å². The highest BCUT2D eigenvalue weighted by Crippen LogP contribution is 2.42. The minimum absolute atomic E-state index is 0.175. The Kier molecular flexibility index (Phi) is 4.87. The second-order valence-corrected chi connectivity index (χ2v) is 7.14. The first kappa shape index (κ1) is 15.3. The Hall–Kier alpha value is -0.580. The fraction of sp³-hybridized carbons (Fsp3) is 0.647. The van der Waals surface area contributed by atoms with Crippen LogP contribution in [-0.4, -0.2) is 18.3 Å². The van der Waals surface area contributed by atoms with Gasteiger partial charge in [0.05, 0.1) is 11.7 Å². The van der Waals surface area contributed by atoms with Gasteiger partial charge < -0.3 is 15.2 Å². The molecule has 21 heavy (non-hydrogen) atoms. The maximum absolute atomic E-state index is 6.33. The SMILES string of the molecule is NCc1cc(OCC2CCC3(CCCCC3)O2)ccc1Br. The van der Waals surface area contributed by atoms with E-state index in [1.165, 1.54) is 38.5 Å². The van der Waals surface area contributed by atoms with Crippen LogP contribution in [-0.2, 0) is 11.3 Å². The Labute approximate surface area is 135 Å². The quantitative estimate of drug-likeness (QED) is 0.883. The van der Waals surface area contributed by atoms with Crippen LogP contribution >= 0.6 is 15.9 Å². The zero-order valence-electron chi connectivity index (χ0n) is 12.4. The highest BCUT2D eigenvalue weighted by atomic mass is 79.9. The molecule has 3 nitrogen and oxygen atoms in total. The maximum atomic E-state index is 6.33. The second-order valence-electron chi connectivity index (χ2n) is 6.29. The molecule has 1 saturated carbocycles. The minimum Gasteiger partial charge on any atom is -0.491 e. The lowest BCUT2D eigenvalue weighted by molar-refractivity contribution is -0.0748. The van der Waals surface area contributed by atoms with Crippen molar-refractivity contribution in [3.8, 4) is 5.75 Å². The Bertz CT molecular complexity index is 486. The zero-order valence-corrected chi connectivity index (χ0v) is 14.0. The van der Waals surface area contributed by atoms with Crippen molar-refractivity contribution in [2.45, 2.75) is 63.2 Å². The first-order chi connectivity index (χ1) is 10.2. The maximum Gasteiger partial charge on any atom is 0.119 e. The summed E-state index contributed by atoms with van der Waals surface area (Å²) in [6.45, 7) is 1.16. The number of nitrogens with two attached hydrogens (primary N) is 1. The summed E-state index contributed by atoms with van der Waals surface area (Å²) >= 11 is 3.50. The van der Waals surface area contributed by atoms with Gasteiger partial charge in [-0.1, -0.05) is 35.2 Å². The van der Waals surface area contributed by atoms with E-state index in [1.54, 1.807) is 0 Å². The van der Waals surface area contributed by atoms with Gasteiger partial charge in [0, 0.05) is 11.0 Å². The summed E-state index contributed by atoms with van der Waals surface area (Å²) in [7, 11) is 0. The van der Waals surface area contributed by atoms with Crippen LogP contribution in [0.15, 0.2) is 22.7 Å². The highest BCUT2D eigenvalue weighted by molar-refractivity contribution is 9.10.